The smallest absolute Gasteiger partial charge is 0.241 e. The molecule has 1 saturated heterocycles. The maximum atomic E-state index is 12.5. The lowest BCUT2D eigenvalue weighted by molar-refractivity contribution is -0.126. The Balaban J connectivity index is 2.07. The summed E-state index contributed by atoms with van der Waals surface area (Å²) in [6.45, 7) is 7.43. The van der Waals surface area contributed by atoms with Crippen LogP contribution in [0.3, 0.4) is 0 Å². The second-order valence-corrected chi connectivity index (χ2v) is 6.16. The van der Waals surface area contributed by atoms with E-state index >= 15 is 0 Å². The summed E-state index contributed by atoms with van der Waals surface area (Å²) in [6, 6.07) is 4.90. The second kappa shape index (κ2) is 7.31. The molecule has 3 unspecified atom stereocenters. The van der Waals surface area contributed by atoms with Gasteiger partial charge in [0, 0.05) is 18.1 Å². The Bertz CT molecular complexity index is 528. The third kappa shape index (κ3) is 4.12. The molecule has 3 atom stereocenters. The molecule has 6 heteroatoms. The minimum Gasteiger partial charge on any atom is -0.495 e. The van der Waals surface area contributed by atoms with Gasteiger partial charge in [-0.05, 0) is 39.0 Å². The van der Waals surface area contributed by atoms with Crippen LogP contribution in [0.2, 0.25) is 5.02 Å². The number of amides is 1. The molecule has 2 rings (SSSR count). The van der Waals surface area contributed by atoms with E-state index in [2.05, 4.69) is 10.2 Å². The maximum absolute atomic E-state index is 12.5. The van der Waals surface area contributed by atoms with Crippen LogP contribution < -0.4 is 10.1 Å². The topological polar surface area (TPSA) is 50.8 Å². The predicted octanol–water partition coefficient (Wildman–Crippen LogP) is 2.78. The summed E-state index contributed by atoms with van der Waals surface area (Å²) < 4.78 is 11.0. The summed E-state index contributed by atoms with van der Waals surface area (Å²) in [5.41, 5.74) is 0.584. The largest absolute Gasteiger partial charge is 0.495 e. The van der Waals surface area contributed by atoms with Gasteiger partial charge in [0.25, 0.3) is 0 Å². The summed E-state index contributed by atoms with van der Waals surface area (Å²) in [7, 11) is 1.56. The Morgan fingerprint density at radius 1 is 1.41 bits per heavy atom. The van der Waals surface area contributed by atoms with Crippen LogP contribution in [0, 0.1) is 0 Å². The molecule has 0 bridgehead atoms. The number of morpholine rings is 1. The molecule has 1 aromatic rings. The van der Waals surface area contributed by atoms with Crippen molar-refractivity contribution in [3.63, 3.8) is 0 Å². The molecular formula is C16H23ClN2O3. The number of ether oxygens (including phenoxy) is 2. The van der Waals surface area contributed by atoms with E-state index in [-0.39, 0.29) is 24.2 Å². The minimum absolute atomic E-state index is 0.0816. The number of carbonyl (C=O) groups is 1. The molecule has 1 N–H and O–H groups in total. The van der Waals surface area contributed by atoms with Gasteiger partial charge >= 0.3 is 0 Å². The average molecular weight is 327 g/mol. The Hall–Kier alpha value is -1.30. The van der Waals surface area contributed by atoms with Crippen molar-refractivity contribution in [3.8, 4) is 5.75 Å². The first kappa shape index (κ1) is 17.1. The number of methoxy groups -OCH3 is 1. The van der Waals surface area contributed by atoms with Gasteiger partial charge in [0.15, 0.2) is 0 Å². The molecule has 0 aromatic heterocycles. The van der Waals surface area contributed by atoms with Crippen LogP contribution in [-0.4, -0.2) is 49.3 Å². The fraction of sp³-hybridized carbons (Fsp3) is 0.562. The lowest BCUT2D eigenvalue weighted by atomic mass is 10.1. The van der Waals surface area contributed by atoms with Gasteiger partial charge in [-0.2, -0.15) is 0 Å². The molecule has 0 aliphatic carbocycles. The quantitative estimate of drug-likeness (QED) is 0.924. The highest BCUT2D eigenvalue weighted by Gasteiger charge is 2.29. The molecule has 5 nitrogen and oxygen atoms in total. The predicted molar refractivity (Wildman–Crippen MR) is 87.7 cm³/mol. The SMILES string of the molecule is COc1ccc(Cl)cc1NC(=O)C(C)N1CC(C)OC(C)C1. The van der Waals surface area contributed by atoms with E-state index in [9.17, 15) is 4.79 Å². The van der Waals surface area contributed by atoms with Crippen LogP contribution >= 0.6 is 11.6 Å². The van der Waals surface area contributed by atoms with E-state index in [0.29, 0.717) is 16.5 Å². The van der Waals surface area contributed by atoms with Crippen molar-refractivity contribution in [3.05, 3.63) is 23.2 Å². The fourth-order valence-corrected chi connectivity index (χ4v) is 2.89. The third-order valence-electron chi connectivity index (χ3n) is 3.79. The number of halogens is 1. The monoisotopic (exact) mass is 326 g/mol. The first-order chi connectivity index (χ1) is 10.4. The number of carbonyl (C=O) groups excluding carboxylic acids is 1. The van der Waals surface area contributed by atoms with Gasteiger partial charge < -0.3 is 14.8 Å². The number of anilines is 1. The van der Waals surface area contributed by atoms with E-state index in [0.717, 1.165) is 13.1 Å². The van der Waals surface area contributed by atoms with Crippen molar-refractivity contribution in [1.29, 1.82) is 0 Å². The van der Waals surface area contributed by atoms with Crippen molar-refractivity contribution in [2.45, 2.75) is 39.0 Å². The van der Waals surface area contributed by atoms with Crippen LogP contribution in [0.5, 0.6) is 5.75 Å². The van der Waals surface area contributed by atoms with E-state index in [1.54, 1.807) is 25.3 Å². The summed E-state index contributed by atoms with van der Waals surface area (Å²) in [6.07, 6.45) is 0.249. The summed E-state index contributed by atoms with van der Waals surface area (Å²) in [4.78, 5) is 14.6. The summed E-state index contributed by atoms with van der Waals surface area (Å²) in [5, 5.41) is 3.45. The standard InChI is InChI=1S/C16H23ClN2O3/c1-10-8-19(9-11(2)22-10)12(3)16(20)18-14-7-13(17)5-6-15(14)21-4/h5-7,10-12H,8-9H2,1-4H3,(H,18,20). The van der Waals surface area contributed by atoms with Gasteiger partial charge in [-0.15, -0.1) is 0 Å². The molecule has 0 radical (unpaired) electrons. The molecule has 1 amide bonds. The van der Waals surface area contributed by atoms with Crippen LogP contribution in [0.1, 0.15) is 20.8 Å². The second-order valence-electron chi connectivity index (χ2n) is 5.72. The lowest BCUT2D eigenvalue weighted by Gasteiger charge is -2.38. The van der Waals surface area contributed by atoms with Gasteiger partial charge in [-0.25, -0.2) is 0 Å². The van der Waals surface area contributed by atoms with Crippen molar-refractivity contribution in [2.24, 2.45) is 0 Å². The van der Waals surface area contributed by atoms with E-state index in [4.69, 9.17) is 21.1 Å². The molecule has 0 spiro atoms. The van der Waals surface area contributed by atoms with Gasteiger partial charge in [0.05, 0.1) is 31.0 Å². The van der Waals surface area contributed by atoms with Crippen molar-refractivity contribution >= 4 is 23.2 Å². The van der Waals surface area contributed by atoms with Crippen molar-refractivity contribution < 1.29 is 14.3 Å². The molecule has 1 aromatic carbocycles. The molecule has 22 heavy (non-hydrogen) atoms. The lowest BCUT2D eigenvalue weighted by Crippen LogP contribution is -2.52. The van der Waals surface area contributed by atoms with Gasteiger partial charge in [-0.3, -0.25) is 9.69 Å². The molecule has 1 aliphatic rings. The average Bonchev–Trinajstić information content (AvgIpc) is 2.45. The molecule has 0 saturated carbocycles. The number of nitrogens with one attached hydrogen (secondary N) is 1. The van der Waals surface area contributed by atoms with Crippen LogP contribution in [0.25, 0.3) is 0 Å². The number of benzene rings is 1. The number of hydrogen-bond donors (Lipinski definition) is 1. The van der Waals surface area contributed by atoms with Crippen LogP contribution in [0.4, 0.5) is 5.69 Å². The van der Waals surface area contributed by atoms with Gasteiger partial charge in [0.2, 0.25) is 5.91 Å². The molecule has 1 aliphatic heterocycles. The fourth-order valence-electron chi connectivity index (χ4n) is 2.71. The highest BCUT2D eigenvalue weighted by atomic mass is 35.5. The summed E-state index contributed by atoms with van der Waals surface area (Å²) in [5.74, 6) is 0.510. The highest BCUT2D eigenvalue weighted by molar-refractivity contribution is 6.31. The Kier molecular flexibility index (Phi) is 5.67. The Morgan fingerprint density at radius 3 is 2.64 bits per heavy atom. The Labute approximate surface area is 136 Å². The molecule has 122 valence electrons. The minimum atomic E-state index is -0.252. The summed E-state index contributed by atoms with van der Waals surface area (Å²) >= 11 is 5.99. The number of hydrogen-bond acceptors (Lipinski definition) is 4. The normalized spacial score (nSPS) is 23.9. The van der Waals surface area contributed by atoms with E-state index in [1.807, 2.05) is 20.8 Å². The zero-order valence-electron chi connectivity index (χ0n) is 13.4. The first-order valence-electron chi connectivity index (χ1n) is 7.44. The van der Waals surface area contributed by atoms with Crippen LogP contribution in [-0.2, 0) is 9.53 Å². The molecular weight excluding hydrogens is 304 g/mol. The first-order valence-corrected chi connectivity index (χ1v) is 7.82. The zero-order valence-corrected chi connectivity index (χ0v) is 14.2. The zero-order chi connectivity index (χ0) is 16.3. The molecule has 1 heterocycles. The van der Waals surface area contributed by atoms with Gasteiger partial charge in [0.1, 0.15) is 5.75 Å². The third-order valence-corrected chi connectivity index (χ3v) is 4.03. The van der Waals surface area contributed by atoms with Crippen molar-refractivity contribution in [2.75, 3.05) is 25.5 Å². The number of nitrogens with zero attached hydrogens (tertiary/aromatic N) is 1. The van der Waals surface area contributed by atoms with E-state index < -0.39 is 0 Å². The number of rotatable bonds is 4. The maximum Gasteiger partial charge on any atom is 0.241 e. The van der Waals surface area contributed by atoms with Gasteiger partial charge in [-0.1, -0.05) is 11.6 Å². The Morgan fingerprint density at radius 2 is 2.05 bits per heavy atom. The van der Waals surface area contributed by atoms with Crippen molar-refractivity contribution in [1.82, 2.24) is 4.90 Å². The highest BCUT2D eigenvalue weighted by Crippen LogP contribution is 2.28. The van der Waals surface area contributed by atoms with Crippen LogP contribution in [0.15, 0.2) is 18.2 Å². The molecule has 1 fully saturated rings. The van der Waals surface area contributed by atoms with E-state index in [1.165, 1.54) is 0 Å².